The van der Waals surface area contributed by atoms with Gasteiger partial charge in [-0.15, -0.1) is 13.2 Å². The van der Waals surface area contributed by atoms with Crippen LogP contribution >= 0.6 is 0 Å². The van der Waals surface area contributed by atoms with Crippen molar-refractivity contribution in [2.45, 2.75) is 25.3 Å². The first kappa shape index (κ1) is 16.6. The Bertz CT molecular complexity index is 501. The summed E-state index contributed by atoms with van der Waals surface area (Å²) in [6.07, 6.45) is -3.00. The van der Waals surface area contributed by atoms with Gasteiger partial charge in [-0.3, -0.25) is 4.79 Å². The van der Waals surface area contributed by atoms with Crippen LogP contribution in [-0.4, -0.2) is 38.2 Å². The number of nitrogens with one attached hydrogen (secondary N) is 1. The first-order valence-electron chi connectivity index (χ1n) is 6.78. The van der Waals surface area contributed by atoms with Crippen molar-refractivity contribution < 1.29 is 32.2 Å². The van der Waals surface area contributed by atoms with E-state index in [-0.39, 0.29) is 25.0 Å². The van der Waals surface area contributed by atoms with Gasteiger partial charge in [0.05, 0.1) is 18.4 Å². The van der Waals surface area contributed by atoms with Crippen LogP contribution in [0.3, 0.4) is 0 Å². The van der Waals surface area contributed by atoms with Gasteiger partial charge in [0, 0.05) is 6.61 Å². The predicted octanol–water partition coefficient (Wildman–Crippen LogP) is 2.72. The van der Waals surface area contributed by atoms with E-state index in [2.05, 4.69) is 10.1 Å². The second kappa shape index (κ2) is 7.46. The van der Waals surface area contributed by atoms with Crippen molar-refractivity contribution >= 4 is 11.6 Å². The van der Waals surface area contributed by atoms with E-state index in [1.807, 2.05) is 0 Å². The standard InChI is InChI=1S/C14H16F3NO4/c15-14(16,17)22-12-6-2-1-5-11(12)18-13(19)9-20-8-10-4-3-7-21-10/h1-2,5-6,10H,3-4,7-9H2,(H,18,19). The Balaban J connectivity index is 1.82. The van der Waals surface area contributed by atoms with Gasteiger partial charge >= 0.3 is 6.36 Å². The number of alkyl halides is 3. The van der Waals surface area contributed by atoms with Crippen molar-refractivity contribution in [3.05, 3.63) is 24.3 Å². The molecule has 5 nitrogen and oxygen atoms in total. The molecule has 1 aliphatic rings. The topological polar surface area (TPSA) is 56.8 Å². The molecule has 1 N–H and O–H groups in total. The Morgan fingerprint density at radius 2 is 2.14 bits per heavy atom. The molecule has 0 radical (unpaired) electrons. The molecule has 0 aliphatic carbocycles. The molecule has 1 amide bonds. The third-order valence-electron chi connectivity index (χ3n) is 2.95. The predicted molar refractivity (Wildman–Crippen MR) is 71.5 cm³/mol. The molecule has 1 unspecified atom stereocenters. The Hall–Kier alpha value is -1.80. The molecule has 0 spiro atoms. The third kappa shape index (κ3) is 5.53. The van der Waals surface area contributed by atoms with Gasteiger partial charge in [0.1, 0.15) is 6.61 Å². The van der Waals surface area contributed by atoms with Crippen LogP contribution in [0.25, 0.3) is 0 Å². The highest BCUT2D eigenvalue weighted by Gasteiger charge is 2.32. The third-order valence-corrected chi connectivity index (χ3v) is 2.95. The summed E-state index contributed by atoms with van der Waals surface area (Å²) in [5, 5.41) is 2.33. The minimum Gasteiger partial charge on any atom is -0.404 e. The van der Waals surface area contributed by atoms with Crippen LogP contribution in [0, 0.1) is 0 Å². The van der Waals surface area contributed by atoms with Gasteiger partial charge in [0.25, 0.3) is 0 Å². The summed E-state index contributed by atoms with van der Waals surface area (Å²) in [6.45, 7) is 0.705. The maximum absolute atomic E-state index is 12.3. The van der Waals surface area contributed by atoms with Crippen LogP contribution < -0.4 is 10.1 Å². The summed E-state index contributed by atoms with van der Waals surface area (Å²) in [6, 6.07) is 5.31. The van der Waals surface area contributed by atoms with E-state index < -0.39 is 18.0 Å². The lowest BCUT2D eigenvalue weighted by atomic mass is 10.2. The van der Waals surface area contributed by atoms with Gasteiger partial charge in [-0.2, -0.15) is 0 Å². The molecule has 2 rings (SSSR count). The van der Waals surface area contributed by atoms with Gasteiger partial charge in [-0.1, -0.05) is 12.1 Å². The van der Waals surface area contributed by atoms with E-state index >= 15 is 0 Å². The summed E-state index contributed by atoms with van der Waals surface area (Å²) in [4.78, 5) is 11.7. The van der Waals surface area contributed by atoms with Crippen molar-refractivity contribution in [3.63, 3.8) is 0 Å². The van der Waals surface area contributed by atoms with Gasteiger partial charge in [0.2, 0.25) is 5.91 Å². The van der Waals surface area contributed by atoms with E-state index in [1.165, 1.54) is 18.2 Å². The maximum atomic E-state index is 12.3. The number of hydrogen-bond donors (Lipinski definition) is 1. The zero-order valence-corrected chi connectivity index (χ0v) is 11.7. The average Bonchev–Trinajstić information content (AvgIpc) is 2.92. The first-order chi connectivity index (χ1) is 10.4. The van der Waals surface area contributed by atoms with Crippen LogP contribution in [0.1, 0.15) is 12.8 Å². The Labute approximate surface area is 125 Å². The summed E-state index contributed by atoms with van der Waals surface area (Å²) < 4.78 is 51.1. The van der Waals surface area contributed by atoms with E-state index in [1.54, 1.807) is 0 Å². The second-order valence-electron chi connectivity index (χ2n) is 4.74. The van der Waals surface area contributed by atoms with Gasteiger partial charge in [-0.05, 0) is 25.0 Å². The molecule has 1 aliphatic heterocycles. The van der Waals surface area contributed by atoms with Crippen LogP contribution in [0.4, 0.5) is 18.9 Å². The molecule has 1 heterocycles. The summed E-state index contributed by atoms with van der Waals surface area (Å²) in [5.74, 6) is -1.03. The monoisotopic (exact) mass is 319 g/mol. The maximum Gasteiger partial charge on any atom is 0.573 e. The van der Waals surface area contributed by atoms with Crippen LogP contribution in [0.5, 0.6) is 5.75 Å². The number of amides is 1. The second-order valence-corrected chi connectivity index (χ2v) is 4.74. The van der Waals surface area contributed by atoms with E-state index in [4.69, 9.17) is 9.47 Å². The van der Waals surface area contributed by atoms with Crippen molar-refractivity contribution in [1.82, 2.24) is 0 Å². The molecule has 1 atom stereocenters. The highest BCUT2D eigenvalue weighted by Crippen LogP contribution is 2.29. The lowest BCUT2D eigenvalue weighted by Crippen LogP contribution is -2.23. The number of benzene rings is 1. The number of rotatable bonds is 6. The Morgan fingerprint density at radius 1 is 1.36 bits per heavy atom. The SMILES string of the molecule is O=C(COCC1CCCO1)Nc1ccccc1OC(F)(F)F. The normalized spacial score (nSPS) is 18.2. The molecule has 1 aromatic rings. The van der Waals surface area contributed by atoms with Crippen LogP contribution in [-0.2, 0) is 14.3 Å². The highest BCUT2D eigenvalue weighted by molar-refractivity contribution is 5.93. The number of para-hydroxylation sites is 2. The molecule has 0 aromatic heterocycles. The Kier molecular flexibility index (Phi) is 5.62. The summed E-state index contributed by atoms with van der Waals surface area (Å²) in [7, 11) is 0. The first-order valence-corrected chi connectivity index (χ1v) is 6.78. The van der Waals surface area contributed by atoms with E-state index in [9.17, 15) is 18.0 Å². The van der Waals surface area contributed by atoms with Gasteiger partial charge < -0.3 is 19.5 Å². The highest BCUT2D eigenvalue weighted by atomic mass is 19.4. The lowest BCUT2D eigenvalue weighted by Gasteiger charge is -2.14. The smallest absolute Gasteiger partial charge is 0.404 e. The molecular formula is C14H16F3NO4. The molecule has 1 fully saturated rings. The number of carbonyl (C=O) groups is 1. The molecule has 0 saturated carbocycles. The number of carbonyl (C=O) groups excluding carboxylic acids is 1. The van der Waals surface area contributed by atoms with E-state index in [0.717, 1.165) is 18.9 Å². The lowest BCUT2D eigenvalue weighted by molar-refractivity contribution is -0.274. The van der Waals surface area contributed by atoms with Crippen molar-refractivity contribution in [1.29, 1.82) is 0 Å². The average molecular weight is 319 g/mol. The summed E-state index contributed by atoms with van der Waals surface area (Å²) in [5.41, 5.74) is -0.0643. The zero-order valence-electron chi connectivity index (χ0n) is 11.7. The van der Waals surface area contributed by atoms with Crippen molar-refractivity contribution in [2.75, 3.05) is 25.1 Å². The van der Waals surface area contributed by atoms with Crippen LogP contribution in [0.15, 0.2) is 24.3 Å². The molecule has 1 aromatic carbocycles. The molecular weight excluding hydrogens is 303 g/mol. The quantitative estimate of drug-likeness (QED) is 0.876. The van der Waals surface area contributed by atoms with Crippen molar-refractivity contribution in [3.8, 4) is 5.75 Å². The molecule has 0 bridgehead atoms. The molecule has 122 valence electrons. The number of ether oxygens (including phenoxy) is 3. The zero-order chi connectivity index (χ0) is 16.0. The van der Waals surface area contributed by atoms with E-state index in [0.29, 0.717) is 6.61 Å². The number of anilines is 1. The molecule has 8 heteroatoms. The minimum atomic E-state index is -4.82. The fraction of sp³-hybridized carbons (Fsp3) is 0.500. The van der Waals surface area contributed by atoms with Crippen LogP contribution in [0.2, 0.25) is 0 Å². The minimum absolute atomic E-state index is 0.0198. The molecule has 22 heavy (non-hydrogen) atoms. The number of halogens is 3. The van der Waals surface area contributed by atoms with Gasteiger partial charge in [-0.25, -0.2) is 0 Å². The number of hydrogen-bond acceptors (Lipinski definition) is 4. The van der Waals surface area contributed by atoms with Gasteiger partial charge in [0.15, 0.2) is 5.75 Å². The Morgan fingerprint density at radius 3 is 2.82 bits per heavy atom. The fourth-order valence-corrected chi connectivity index (χ4v) is 2.03. The molecule has 1 saturated heterocycles. The largest absolute Gasteiger partial charge is 0.573 e. The summed E-state index contributed by atoms with van der Waals surface area (Å²) >= 11 is 0. The fourth-order valence-electron chi connectivity index (χ4n) is 2.03. The van der Waals surface area contributed by atoms with Crippen molar-refractivity contribution in [2.24, 2.45) is 0 Å².